The lowest BCUT2D eigenvalue weighted by Gasteiger charge is -2.34. The summed E-state index contributed by atoms with van der Waals surface area (Å²) >= 11 is 3.25. The minimum absolute atomic E-state index is 0.0395. The number of hydrazine groups is 1. The van der Waals surface area contributed by atoms with Gasteiger partial charge in [-0.15, -0.1) is 22.7 Å². The highest BCUT2D eigenvalue weighted by Crippen LogP contribution is 2.28. The second kappa shape index (κ2) is 13.1. The van der Waals surface area contributed by atoms with E-state index in [1.807, 2.05) is 0 Å². The van der Waals surface area contributed by atoms with Crippen molar-refractivity contribution in [3.8, 4) is 6.07 Å². The Kier molecular flexibility index (Phi) is 9.29. The van der Waals surface area contributed by atoms with Crippen molar-refractivity contribution in [3.05, 3.63) is 81.8 Å². The van der Waals surface area contributed by atoms with Gasteiger partial charge in [-0.3, -0.25) is 5.43 Å². The lowest BCUT2D eigenvalue weighted by molar-refractivity contribution is -0.936. The molecule has 0 radical (unpaired) electrons. The molecule has 3 atom stereocenters. The van der Waals surface area contributed by atoms with E-state index in [1.165, 1.54) is 11.1 Å². The van der Waals surface area contributed by atoms with Crippen molar-refractivity contribution in [1.29, 1.82) is 5.26 Å². The molecule has 0 aliphatic carbocycles. The van der Waals surface area contributed by atoms with Crippen molar-refractivity contribution in [2.45, 2.75) is 52.0 Å². The summed E-state index contributed by atoms with van der Waals surface area (Å²) < 4.78 is 0.755. The number of nitrogens with two attached hydrogens (primary N) is 1. The third-order valence-corrected chi connectivity index (χ3v) is 9.03. The van der Waals surface area contributed by atoms with Gasteiger partial charge in [-0.05, 0) is 51.0 Å². The Hall–Kier alpha value is -3.37. The molecule has 6 N–H and O–H groups in total. The maximum atomic E-state index is 9.56. The van der Waals surface area contributed by atoms with Crippen molar-refractivity contribution in [2.24, 2.45) is 11.7 Å². The number of anilines is 4. The van der Waals surface area contributed by atoms with Gasteiger partial charge in [0.2, 0.25) is 0 Å². The first-order chi connectivity index (χ1) is 19.8. The molecule has 0 bridgehead atoms. The summed E-state index contributed by atoms with van der Waals surface area (Å²) in [7, 11) is 2.27. The molecule has 1 aliphatic heterocycles. The van der Waals surface area contributed by atoms with E-state index in [1.54, 1.807) is 22.7 Å². The Bertz CT molecular complexity index is 1370. The Morgan fingerprint density at radius 3 is 1.88 bits per heavy atom. The Balaban J connectivity index is 1.27. The smallest absolute Gasteiger partial charge is 0.187 e. The predicted molar refractivity (Wildman–Crippen MR) is 168 cm³/mol. The highest BCUT2D eigenvalue weighted by Gasteiger charge is 2.34. The van der Waals surface area contributed by atoms with Crippen LogP contribution in [0.5, 0.6) is 0 Å². The van der Waals surface area contributed by atoms with Crippen LogP contribution in [0.3, 0.4) is 0 Å². The Labute approximate surface area is 250 Å². The molecule has 4 aromatic rings. The van der Waals surface area contributed by atoms with Gasteiger partial charge >= 0.3 is 0 Å². The fraction of sp³-hybridized carbons (Fsp3) is 0.367. The van der Waals surface area contributed by atoms with E-state index in [2.05, 4.69) is 108 Å². The second-order valence-electron chi connectivity index (χ2n) is 11.1. The van der Waals surface area contributed by atoms with Crippen LogP contribution in [0, 0.1) is 31.1 Å². The van der Waals surface area contributed by atoms with Gasteiger partial charge in [0.1, 0.15) is 24.5 Å². The molecule has 41 heavy (non-hydrogen) atoms. The van der Waals surface area contributed by atoms with Crippen LogP contribution >= 0.6 is 22.7 Å². The van der Waals surface area contributed by atoms with Crippen molar-refractivity contribution < 1.29 is 4.48 Å². The molecule has 2 aromatic heterocycles. The van der Waals surface area contributed by atoms with Gasteiger partial charge < -0.3 is 20.9 Å². The zero-order valence-electron chi connectivity index (χ0n) is 23.7. The molecule has 0 amide bonds. The van der Waals surface area contributed by atoms with Gasteiger partial charge in [0.25, 0.3) is 0 Å². The van der Waals surface area contributed by atoms with Crippen LogP contribution in [-0.2, 0) is 13.1 Å². The van der Waals surface area contributed by atoms with E-state index < -0.39 is 0 Å². The fourth-order valence-corrected chi connectivity index (χ4v) is 6.58. The van der Waals surface area contributed by atoms with E-state index in [4.69, 9.17) is 15.7 Å². The lowest BCUT2D eigenvalue weighted by Crippen LogP contribution is -2.44. The minimum Gasteiger partial charge on any atom is -0.332 e. The summed E-state index contributed by atoms with van der Waals surface area (Å²) in [6.07, 6.45) is 1.47. The molecule has 1 fully saturated rings. The summed E-state index contributed by atoms with van der Waals surface area (Å²) in [6, 6.07) is 19.1. The molecule has 5 rings (SSSR count). The number of hydrogen-bond acceptors (Lipinski definition) is 10. The van der Waals surface area contributed by atoms with Crippen LogP contribution in [0.1, 0.15) is 35.4 Å². The Morgan fingerprint density at radius 2 is 1.39 bits per heavy atom. The average Bonchev–Trinajstić information content (AvgIpc) is 3.67. The normalized spacial score (nSPS) is 18.8. The maximum Gasteiger partial charge on any atom is 0.187 e. The number of rotatable bonds is 12. The van der Waals surface area contributed by atoms with Gasteiger partial charge in [0, 0.05) is 28.2 Å². The first-order valence-electron chi connectivity index (χ1n) is 13.8. The fourth-order valence-electron chi connectivity index (χ4n) is 5.14. The topological polar surface area (TPSA) is 124 Å². The van der Waals surface area contributed by atoms with E-state index in [0.717, 1.165) is 70.0 Å². The molecular formula is C30H38N9S2+. The van der Waals surface area contributed by atoms with Gasteiger partial charge in [-0.1, -0.05) is 35.4 Å². The summed E-state index contributed by atoms with van der Waals surface area (Å²) in [5.41, 5.74) is 18.9. The SMILES string of the molecule is Cc1ccc(Nc2nc(C[N+](C)(CCCC3NNC(N)C3C#N)Cc3csc(Nc4ccc(C)cc4)n3)cs2)cc1. The average molecular weight is 589 g/mol. The summed E-state index contributed by atoms with van der Waals surface area (Å²) in [5, 5.41) is 22.5. The molecule has 3 heterocycles. The summed E-state index contributed by atoms with van der Waals surface area (Å²) in [6.45, 7) is 6.65. The molecule has 1 saturated heterocycles. The molecule has 11 heteroatoms. The first kappa shape index (κ1) is 29.1. The number of aryl methyl sites for hydroxylation is 2. The van der Waals surface area contributed by atoms with Crippen LogP contribution in [0.4, 0.5) is 21.6 Å². The van der Waals surface area contributed by atoms with Crippen LogP contribution in [0.15, 0.2) is 59.3 Å². The summed E-state index contributed by atoms with van der Waals surface area (Å²) in [4.78, 5) is 9.85. The van der Waals surface area contributed by atoms with Gasteiger partial charge in [-0.25, -0.2) is 15.4 Å². The lowest BCUT2D eigenvalue weighted by atomic mass is 9.97. The van der Waals surface area contributed by atoms with Gasteiger partial charge in [-0.2, -0.15) is 5.26 Å². The summed E-state index contributed by atoms with van der Waals surface area (Å²) in [5.74, 6) is -0.239. The number of benzene rings is 2. The zero-order valence-corrected chi connectivity index (χ0v) is 25.4. The number of thiazole rings is 2. The van der Waals surface area contributed by atoms with E-state index in [9.17, 15) is 5.26 Å². The largest absolute Gasteiger partial charge is 0.332 e. The number of nitriles is 1. The number of nitrogens with one attached hydrogen (secondary N) is 4. The molecule has 1 aliphatic rings. The third-order valence-electron chi connectivity index (χ3n) is 7.41. The monoisotopic (exact) mass is 588 g/mol. The maximum absolute atomic E-state index is 9.56. The van der Waals surface area contributed by atoms with Crippen molar-refractivity contribution in [3.63, 3.8) is 0 Å². The van der Waals surface area contributed by atoms with Crippen LogP contribution < -0.4 is 27.2 Å². The van der Waals surface area contributed by atoms with Crippen molar-refractivity contribution in [2.75, 3.05) is 24.2 Å². The minimum atomic E-state index is -0.338. The van der Waals surface area contributed by atoms with Gasteiger partial charge in [0.05, 0.1) is 31.7 Å². The van der Waals surface area contributed by atoms with Gasteiger partial charge in [0.15, 0.2) is 10.3 Å². The Morgan fingerprint density at radius 1 is 0.878 bits per heavy atom. The quantitative estimate of drug-likeness (QED) is 0.137. The number of hydrogen-bond donors (Lipinski definition) is 5. The molecule has 2 aromatic carbocycles. The van der Waals surface area contributed by atoms with Crippen molar-refractivity contribution >= 4 is 44.3 Å². The standard InChI is InChI=1S/C30H38N9S2/c1-20-6-10-22(11-7-20)33-29-35-24(18-40-29)16-39(3,14-4-5-27-26(15-31)28(32)38-37-27)17-25-19-41-30(36-25)34-23-12-8-21(2)9-13-23/h6-13,18-19,26-28,37-38H,4-5,14,16-17,32H2,1-3H3,(H,33,35)(H,34,36)/q+1. The molecular weight excluding hydrogens is 551 g/mol. The zero-order chi connectivity index (χ0) is 28.8. The highest BCUT2D eigenvalue weighted by molar-refractivity contribution is 7.14. The molecule has 9 nitrogen and oxygen atoms in total. The molecule has 0 saturated carbocycles. The second-order valence-corrected chi connectivity index (χ2v) is 12.9. The van der Waals surface area contributed by atoms with Crippen LogP contribution in [-0.4, -0.2) is 40.3 Å². The number of nitrogens with zero attached hydrogens (tertiary/aromatic N) is 4. The molecule has 3 unspecified atom stereocenters. The van der Waals surface area contributed by atoms with Crippen LogP contribution in [0.2, 0.25) is 0 Å². The number of quaternary nitrogens is 1. The van der Waals surface area contributed by atoms with Crippen LogP contribution in [0.25, 0.3) is 0 Å². The van der Waals surface area contributed by atoms with E-state index in [-0.39, 0.29) is 18.1 Å². The first-order valence-corrected chi connectivity index (χ1v) is 15.6. The highest BCUT2D eigenvalue weighted by atomic mass is 32.1. The molecule has 214 valence electrons. The number of aromatic nitrogens is 2. The predicted octanol–water partition coefficient (Wildman–Crippen LogP) is 5.53. The third kappa shape index (κ3) is 7.89. The van der Waals surface area contributed by atoms with E-state index >= 15 is 0 Å². The van der Waals surface area contributed by atoms with E-state index in [0.29, 0.717) is 0 Å². The van der Waals surface area contributed by atoms with Crippen molar-refractivity contribution in [1.82, 2.24) is 20.8 Å². The molecule has 0 spiro atoms.